The van der Waals surface area contributed by atoms with Crippen molar-refractivity contribution in [2.75, 3.05) is 13.1 Å². The van der Waals surface area contributed by atoms with Gasteiger partial charge >= 0.3 is 0 Å². The lowest BCUT2D eigenvalue weighted by atomic mass is 9.71. The summed E-state index contributed by atoms with van der Waals surface area (Å²) in [6.07, 6.45) is 7.14. The third kappa shape index (κ3) is 4.09. The highest BCUT2D eigenvalue weighted by Gasteiger charge is 2.32. The van der Waals surface area contributed by atoms with E-state index in [9.17, 15) is 4.79 Å². The van der Waals surface area contributed by atoms with Gasteiger partial charge in [0, 0.05) is 25.4 Å². The lowest BCUT2D eigenvalue weighted by molar-refractivity contribution is -0.123. The van der Waals surface area contributed by atoms with E-state index in [2.05, 4.69) is 29.8 Å². The van der Waals surface area contributed by atoms with E-state index in [1.54, 1.807) is 0 Å². The molecule has 5 nitrogen and oxygen atoms in total. The van der Waals surface area contributed by atoms with E-state index in [-0.39, 0.29) is 11.3 Å². The molecule has 1 saturated carbocycles. The van der Waals surface area contributed by atoms with Crippen LogP contribution in [0.1, 0.15) is 64.2 Å². The van der Waals surface area contributed by atoms with E-state index in [4.69, 9.17) is 10.7 Å². The molecular formula is C21H32N4O. The molecule has 0 bridgehead atoms. The molecule has 1 aliphatic rings. The molecule has 2 aromatic rings. The maximum absolute atomic E-state index is 12.5. The highest BCUT2D eigenvalue weighted by atomic mass is 16.1. The van der Waals surface area contributed by atoms with Crippen molar-refractivity contribution in [1.29, 1.82) is 0 Å². The SMILES string of the molecule is CC(C)n1c(CCNC(=O)CC2(CN)CCCCC2)nc2ccccc21. The normalized spacial score (nSPS) is 16.9. The van der Waals surface area contributed by atoms with Gasteiger partial charge in [-0.1, -0.05) is 31.4 Å². The Hall–Kier alpha value is -1.88. The van der Waals surface area contributed by atoms with Crippen molar-refractivity contribution in [3.8, 4) is 0 Å². The van der Waals surface area contributed by atoms with E-state index in [0.29, 0.717) is 25.6 Å². The Morgan fingerprint density at radius 3 is 2.69 bits per heavy atom. The molecule has 0 saturated heterocycles. The van der Waals surface area contributed by atoms with Crippen LogP contribution in [0, 0.1) is 5.41 Å². The quantitative estimate of drug-likeness (QED) is 0.796. The standard InChI is InChI=1S/C21H32N4O/c1-16(2)25-18-9-5-4-8-17(18)24-19(25)10-13-23-20(26)14-21(15-22)11-6-3-7-12-21/h4-5,8-9,16H,3,6-7,10-15,22H2,1-2H3,(H,23,26). The molecule has 3 rings (SSSR count). The Balaban J connectivity index is 1.60. The number of imidazole rings is 1. The first-order chi connectivity index (χ1) is 12.5. The van der Waals surface area contributed by atoms with Gasteiger partial charge in [-0.25, -0.2) is 4.98 Å². The number of benzene rings is 1. The van der Waals surface area contributed by atoms with Gasteiger partial charge in [-0.2, -0.15) is 0 Å². The summed E-state index contributed by atoms with van der Waals surface area (Å²) in [5.41, 5.74) is 8.21. The highest BCUT2D eigenvalue weighted by molar-refractivity contribution is 5.77. The number of carbonyl (C=O) groups excluding carboxylic acids is 1. The number of nitrogens with one attached hydrogen (secondary N) is 1. The number of hydrogen-bond donors (Lipinski definition) is 2. The third-order valence-electron chi connectivity index (χ3n) is 5.74. The van der Waals surface area contributed by atoms with Crippen molar-refractivity contribution in [3.63, 3.8) is 0 Å². The molecule has 5 heteroatoms. The minimum atomic E-state index is 0.0212. The molecule has 1 aliphatic carbocycles. The number of carbonyl (C=O) groups is 1. The Morgan fingerprint density at radius 1 is 1.27 bits per heavy atom. The van der Waals surface area contributed by atoms with Crippen molar-refractivity contribution in [1.82, 2.24) is 14.9 Å². The first-order valence-electron chi connectivity index (χ1n) is 9.97. The first kappa shape index (κ1) is 18.9. The fourth-order valence-electron chi connectivity index (χ4n) is 4.32. The lowest BCUT2D eigenvalue weighted by Gasteiger charge is -2.35. The number of nitrogens with two attached hydrogens (primary N) is 1. The number of nitrogens with zero attached hydrogens (tertiary/aromatic N) is 2. The Bertz CT molecular complexity index is 744. The van der Waals surface area contributed by atoms with Gasteiger partial charge in [0.2, 0.25) is 5.91 Å². The van der Waals surface area contributed by atoms with Crippen LogP contribution in [0.5, 0.6) is 0 Å². The maximum atomic E-state index is 12.5. The largest absolute Gasteiger partial charge is 0.356 e. The molecule has 1 fully saturated rings. The second-order valence-corrected chi connectivity index (χ2v) is 8.02. The molecule has 0 atom stereocenters. The van der Waals surface area contributed by atoms with Crippen molar-refractivity contribution >= 4 is 16.9 Å². The van der Waals surface area contributed by atoms with Gasteiger partial charge in [0.1, 0.15) is 5.82 Å². The van der Waals surface area contributed by atoms with E-state index >= 15 is 0 Å². The second kappa shape index (κ2) is 8.21. The van der Waals surface area contributed by atoms with Crippen LogP contribution >= 0.6 is 0 Å². The Labute approximate surface area is 156 Å². The average Bonchev–Trinajstić information content (AvgIpc) is 3.01. The van der Waals surface area contributed by atoms with Gasteiger partial charge in [0.25, 0.3) is 0 Å². The van der Waals surface area contributed by atoms with Gasteiger partial charge in [-0.3, -0.25) is 4.79 Å². The Kier molecular flexibility index (Phi) is 5.97. The van der Waals surface area contributed by atoms with Gasteiger partial charge in [0.15, 0.2) is 0 Å². The van der Waals surface area contributed by atoms with Crippen molar-refractivity contribution < 1.29 is 4.79 Å². The molecule has 3 N–H and O–H groups in total. The number of hydrogen-bond acceptors (Lipinski definition) is 3. The topological polar surface area (TPSA) is 72.9 Å². The molecule has 1 heterocycles. The fraction of sp³-hybridized carbons (Fsp3) is 0.619. The molecular weight excluding hydrogens is 324 g/mol. The van der Waals surface area contributed by atoms with Crippen LogP contribution in [-0.2, 0) is 11.2 Å². The minimum absolute atomic E-state index is 0.0212. The number of amides is 1. The van der Waals surface area contributed by atoms with Crippen LogP contribution in [0.15, 0.2) is 24.3 Å². The predicted octanol–water partition coefficient (Wildman–Crippen LogP) is 3.58. The first-order valence-corrected chi connectivity index (χ1v) is 9.97. The average molecular weight is 357 g/mol. The molecule has 142 valence electrons. The van der Waals surface area contributed by atoms with Crippen molar-refractivity contribution in [2.45, 2.75) is 64.8 Å². The molecule has 0 radical (unpaired) electrons. The summed E-state index contributed by atoms with van der Waals surface area (Å²) < 4.78 is 2.27. The van der Waals surface area contributed by atoms with Gasteiger partial charge < -0.3 is 15.6 Å². The summed E-state index contributed by atoms with van der Waals surface area (Å²) in [7, 11) is 0. The van der Waals surface area contributed by atoms with Crippen LogP contribution in [0.25, 0.3) is 11.0 Å². The van der Waals surface area contributed by atoms with Crippen LogP contribution in [0.2, 0.25) is 0 Å². The molecule has 0 unspecified atom stereocenters. The van der Waals surface area contributed by atoms with Gasteiger partial charge in [-0.05, 0) is 50.8 Å². The second-order valence-electron chi connectivity index (χ2n) is 8.02. The summed E-state index contributed by atoms with van der Waals surface area (Å²) in [4.78, 5) is 17.2. The predicted molar refractivity (Wildman–Crippen MR) is 106 cm³/mol. The van der Waals surface area contributed by atoms with E-state index in [1.165, 1.54) is 19.3 Å². The van der Waals surface area contributed by atoms with Gasteiger partial charge in [-0.15, -0.1) is 0 Å². The molecule has 1 aromatic carbocycles. The lowest BCUT2D eigenvalue weighted by Crippen LogP contribution is -2.39. The summed E-state index contributed by atoms with van der Waals surface area (Å²) >= 11 is 0. The van der Waals surface area contributed by atoms with Crippen molar-refractivity contribution in [3.05, 3.63) is 30.1 Å². The zero-order valence-electron chi connectivity index (χ0n) is 16.1. The van der Waals surface area contributed by atoms with E-state index < -0.39 is 0 Å². The van der Waals surface area contributed by atoms with Gasteiger partial charge in [0.05, 0.1) is 11.0 Å². The summed E-state index contributed by atoms with van der Waals surface area (Å²) in [5.74, 6) is 1.16. The maximum Gasteiger partial charge on any atom is 0.220 e. The number of para-hydroxylation sites is 2. The van der Waals surface area contributed by atoms with Crippen LogP contribution in [0.4, 0.5) is 0 Å². The van der Waals surface area contributed by atoms with Crippen LogP contribution < -0.4 is 11.1 Å². The number of fused-ring (bicyclic) bond motifs is 1. The smallest absolute Gasteiger partial charge is 0.220 e. The fourth-order valence-corrected chi connectivity index (χ4v) is 4.32. The molecule has 0 aliphatic heterocycles. The summed E-state index contributed by atoms with van der Waals surface area (Å²) in [6, 6.07) is 8.56. The molecule has 0 spiro atoms. The van der Waals surface area contributed by atoms with Crippen LogP contribution in [-0.4, -0.2) is 28.5 Å². The summed E-state index contributed by atoms with van der Waals surface area (Å²) in [6.45, 7) is 5.58. The number of aromatic nitrogens is 2. The molecule has 26 heavy (non-hydrogen) atoms. The monoisotopic (exact) mass is 356 g/mol. The third-order valence-corrected chi connectivity index (χ3v) is 5.74. The molecule has 1 aromatic heterocycles. The zero-order chi connectivity index (χ0) is 18.6. The molecule has 1 amide bonds. The summed E-state index contributed by atoms with van der Waals surface area (Å²) in [5, 5.41) is 3.10. The minimum Gasteiger partial charge on any atom is -0.356 e. The van der Waals surface area contributed by atoms with Crippen molar-refractivity contribution in [2.24, 2.45) is 11.1 Å². The number of rotatable bonds is 7. The highest BCUT2D eigenvalue weighted by Crippen LogP contribution is 2.38. The van der Waals surface area contributed by atoms with E-state index in [0.717, 1.165) is 36.1 Å². The van der Waals surface area contributed by atoms with E-state index in [1.807, 2.05) is 18.2 Å². The van der Waals surface area contributed by atoms with Crippen LogP contribution in [0.3, 0.4) is 0 Å². The zero-order valence-corrected chi connectivity index (χ0v) is 16.1. The Morgan fingerprint density at radius 2 is 2.00 bits per heavy atom.